The number of aromatic nitrogens is 1. The van der Waals surface area contributed by atoms with Gasteiger partial charge < -0.3 is 16.4 Å². The summed E-state index contributed by atoms with van der Waals surface area (Å²) in [6.45, 7) is 2.53. The number of hydrogen-bond acceptors (Lipinski definition) is 4. The molecule has 4 N–H and O–H groups in total. The first-order valence-corrected chi connectivity index (χ1v) is 7.84. The molecule has 0 spiro atoms. The molecule has 1 atom stereocenters. The molecule has 2 rings (SSSR count). The summed E-state index contributed by atoms with van der Waals surface area (Å²) in [4.78, 5) is 16.3. The Kier molecular flexibility index (Phi) is 10.2. The van der Waals surface area contributed by atoms with Crippen LogP contribution in [0.4, 0.5) is 5.82 Å². The molecule has 0 aliphatic heterocycles. The molecule has 5 nitrogen and oxygen atoms in total. The number of anilines is 1. The predicted octanol–water partition coefficient (Wildman–Crippen LogP) is 3.63. The number of rotatable bonds is 6. The van der Waals surface area contributed by atoms with Crippen molar-refractivity contribution in [3.63, 3.8) is 0 Å². The minimum atomic E-state index is -1.09. The standard InChI is InChI=1S/C16H18Cl2N4O.2ClH/c1-16(19,11-5-3-2-4-6-11)15(23)21-8-7-20-14-13(18)9-12(17)10-22-14;;/h2-6,9-10H,7-8,19H2,1H3,(H,20,22)(H,21,23);2*1H. The van der Waals surface area contributed by atoms with Crippen molar-refractivity contribution in [1.29, 1.82) is 0 Å². The Balaban J connectivity index is 0.00000288. The number of pyridine rings is 1. The second kappa shape index (κ2) is 10.7. The summed E-state index contributed by atoms with van der Waals surface area (Å²) in [7, 11) is 0. The van der Waals surface area contributed by atoms with E-state index in [-0.39, 0.29) is 30.7 Å². The van der Waals surface area contributed by atoms with Crippen LogP contribution in [0.5, 0.6) is 0 Å². The van der Waals surface area contributed by atoms with Gasteiger partial charge in [-0.1, -0.05) is 53.5 Å². The number of nitrogens with two attached hydrogens (primary N) is 1. The second-order valence-corrected chi connectivity index (χ2v) is 6.08. The zero-order valence-corrected chi connectivity index (χ0v) is 16.6. The molecule has 1 heterocycles. The van der Waals surface area contributed by atoms with Crippen molar-refractivity contribution in [2.75, 3.05) is 18.4 Å². The fourth-order valence-electron chi connectivity index (χ4n) is 2.00. The Morgan fingerprint density at radius 1 is 1.20 bits per heavy atom. The average molecular weight is 426 g/mol. The normalized spacial score (nSPS) is 12.2. The van der Waals surface area contributed by atoms with Crippen molar-refractivity contribution in [2.45, 2.75) is 12.5 Å². The van der Waals surface area contributed by atoms with Crippen molar-refractivity contribution in [3.05, 3.63) is 58.2 Å². The van der Waals surface area contributed by atoms with E-state index < -0.39 is 5.54 Å². The van der Waals surface area contributed by atoms with Gasteiger partial charge in [0.05, 0.1) is 10.0 Å². The fourth-order valence-corrected chi connectivity index (χ4v) is 2.45. The molecule has 9 heteroatoms. The van der Waals surface area contributed by atoms with Crippen LogP contribution in [-0.2, 0) is 10.3 Å². The maximum absolute atomic E-state index is 12.3. The third-order valence-electron chi connectivity index (χ3n) is 3.36. The lowest BCUT2D eigenvalue weighted by atomic mass is 9.92. The Hall–Kier alpha value is -1.24. The Morgan fingerprint density at radius 3 is 2.44 bits per heavy atom. The molecule has 0 saturated heterocycles. The van der Waals surface area contributed by atoms with Crippen LogP contribution in [0.1, 0.15) is 12.5 Å². The van der Waals surface area contributed by atoms with Gasteiger partial charge in [-0.25, -0.2) is 4.98 Å². The van der Waals surface area contributed by atoms with Crippen LogP contribution < -0.4 is 16.4 Å². The van der Waals surface area contributed by atoms with Gasteiger partial charge in [-0.05, 0) is 18.6 Å². The molecule has 0 aliphatic rings. The van der Waals surface area contributed by atoms with Crippen LogP contribution in [0, 0.1) is 0 Å². The number of amides is 1. The quantitative estimate of drug-likeness (QED) is 0.617. The minimum absolute atomic E-state index is 0. The van der Waals surface area contributed by atoms with Crippen LogP contribution in [0.25, 0.3) is 0 Å². The van der Waals surface area contributed by atoms with Gasteiger partial charge in [0.1, 0.15) is 11.4 Å². The summed E-state index contributed by atoms with van der Waals surface area (Å²) in [5, 5.41) is 6.72. The highest BCUT2D eigenvalue weighted by Gasteiger charge is 2.29. The number of halogens is 4. The van der Waals surface area contributed by atoms with E-state index >= 15 is 0 Å². The third kappa shape index (κ3) is 6.53. The molecule has 0 fully saturated rings. The molecule has 1 amide bonds. The fraction of sp³-hybridized carbons (Fsp3) is 0.250. The molecule has 0 aliphatic carbocycles. The smallest absolute Gasteiger partial charge is 0.244 e. The number of nitrogens with one attached hydrogen (secondary N) is 2. The topological polar surface area (TPSA) is 80.0 Å². The molecule has 1 unspecified atom stereocenters. The number of carbonyl (C=O) groups excluding carboxylic acids is 1. The summed E-state index contributed by atoms with van der Waals surface area (Å²) >= 11 is 11.8. The summed E-state index contributed by atoms with van der Waals surface area (Å²) in [5.74, 6) is 0.268. The zero-order valence-electron chi connectivity index (χ0n) is 13.5. The molecule has 0 saturated carbocycles. The van der Waals surface area contributed by atoms with Crippen molar-refractivity contribution in [1.82, 2.24) is 10.3 Å². The van der Waals surface area contributed by atoms with E-state index in [9.17, 15) is 4.79 Å². The highest BCUT2D eigenvalue weighted by molar-refractivity contribution is 6.35. The van der Waals surface area contributed by atoms with Crippen molar-refractivity contribution >= 4 is 59.7 Å². The van der Waals surface area contributed by atoms with Gasteiger partial charge in [0.2, 0.25) is 5.91 Å². The average Bonchev–Trinajstić information content (AvgIpc) is 2.53. The summed E-state index contributed by atoms with van der Waals surface area (Å²) in [6.07, 6.45) is 1.50. The van der Waals surface area contributed by atoms with Gasteiger partial charge in [0.15, 0.2) is 0 Å². The zero-order chi connectivity index (χ0) is 16.9. The van der Waals surface area contributed by atoms with Crippen molar-refractivity contribution in [3.8, 4) is 0 Å². The molecule has 2 aromatic rings. The van der Waals surface area contributed by atoms with Gasteiger partial charge in [-0.2, -0.15) is 0 Å². The second-order valence-electron chi connectivity index (χ2n) is 5.24. The Bertz CT molecular complexity index is 683. The number of hydrogen-bond donors (Lipinski definition) is 3. The molecule has 0 bridgehead atoms. The highest BCUT2D eigenvalue weighted by Crippen LogP contribution is 2.22. The first-order valence-electron chi connectivity index (χ1n) is 7.09. The third-order valence-corrected chi connectivity index (χ3v) is 3.85. The molecule has 138 valence electrons. The van der Waals surface area contributed by atoms with E-state index in [1.165, 1.54) is 6.20 Å². The largest absolute Gasteiger partial charge is 0.367 e. The lowest BCUT2D eigenvalue weighted by Gasteiger charge is -2.24. The van der Waals surface area contributed by atoms with Crippen LogP contribution in [0.2, 0.25) is 10.0 Å². The minimum Gasteiger partial charge on any atom is -0.367 e. The van der Waals surface area contributed by atoms with E-state index in [0.29, 0.717) is 29.0 Å². The van der Waals surface area contributed by atoms with Crippen molar-refractivity contribution < 1.29 is 4.79 Å². The van der Waals surface area contributed by atoms with Crippen LogP contribution in [-0.4, -0.2) is 24.0 Å². The van der Waals surface area contributed by atoms with Crippen LogP contribution >= 0.6 is 48.0 Å². The summed E-state index contributed by atoms with van der Waals surface area (Å²) < 4.78 is 0. The molecule has 25 heavy (non-hydrogen) atoms. The maximum atomic E-state index is 12.3. The van der Waals surface area contributed by atoms with Gasteiger partial charge in [0, 0.05) is 19.3 Å². The monoisotopic (exact) mass is 424 g/mol. The first kappa shape index (κ1) is 23.8. The van der Waals surface area contributed by atoms with Gasteiger partial charge in [0.25, 0.3) is 0 Å². The number of benzene rings is 1. The van der Waals surface area contributed by atoms with E-state index in [2.05, 4.69) is 15.6 Å². The SMILES string of the molecule is CC(N)(C(=O)NCCNc1ncc(Cl)cc1Cl)c1ccccc1.Cl.Cl. The predicted molar refractivity (Wildman–Crippen MR) is 108 cm³/mol. The highest BCUT2D eigenvalue weighted by atomic mass is 35.5. The molecular formula is C16H20Cl4N4O. The Morgan fingerprint density at radius 2 is 1.84 bits per heavy atom. The van der Waals surface area contributed by atoms with Gasteiger partial charge in [-0.15, -0.1) is 24.8 Å². The van der Waals surface area contributed by atoms with E-state index in [1.807, 2.05) is 30.3 Å². The van der Waals surface area contributed by atoms with E-state index in [4.69, 9.17) is 28.9 Å². The lowest BCUT2D eigenvalue weighted by molar-refractivity contribution is -0.126. The maximum Gasteiger partial charge on any atom is 0.244 e. The van der Waals surface area contributed by atoms with E-state index in [0.717, 1.165) is 5.56 Å². The molecule has 1 aromatic carbocycles. The van der Waals surface area contributed by atoms with Crippen molar-refractivity contribution in [2.24, 2.45) is 5.73 Å². The first-order chi connectivity index (χ1) is 10.9. The van der Waals surface area contributed by atoms with E-state index in [1.54, 1.807) is 13.0 Å². The number of carbonyl (C=O) groups is 1. The molecular weight excluding hydrogens is 406 g/mol. The summed E-state index contributed by atoms with van der Waals surface area (Å²) in [5.41, 5.74) is 5.81. The van der Waals surface area contributed by atoms with Crippen LogP contribution in [0.15, 0.2) is 42.6 Å². The Labute approximate surface area is 169 Å². The van der Waals surface area contributed by atoms with Crippen LogP contribution in [0.3, 0.4) is 0 Å². The van der Waals surface area contributed by atoms with Gasteiger partial charge in [-0.3, -0.25) is 4.79 Å². The molecule has 0 radical (unpaired) electrons. The lowest BCUT2D eigenvalue weighted by Crippen LogP contribution is -2.49. The molecule has 1 aromatic heterocycles. The van der Waals surface area contributed by atoms with Gasteiger partial charge >= 0.3 is 0 Å². The summed E-state index contributed by atoms with van der Waals surface area (Å²) in [6, 6.07) is 10.8. The number of nitrogens with zero attached hydrogens (tertiary/aromatic N) is 1.